The fraction of sp³-hybridized carbons (Fsp3) is 0.176. The monoisotopic (exact) mass is 298 g/mol. The number of H-pyrrole nitrogens is 1. The van der Waals surface area contributed by atoms with Gasteiger partial charge in [-0.2, -0.15) is 0 Å². The summed E-state index contributed by atoms with van der Waals surface area (Å²) in [5.74, 6) is -0.723. The van der Waals surface area contributed by atoms with E-state index in [0.717, 1.165) is 11.3 Å². The Hall–Kier alpha value is -2.82. The van der Waals surface area contributed by atoms with Crippen LogP contribution < -0.4 is 5.32 Å². The molecule has 0 saturated heterocycles. The number of anilines is 1. The summed E-state index contributed by atoms with van der Waals surface area (Å²) in [6.07, 6.45) is 3.01. The summed E-state index contributed by atoms with van der Waals surface area (Å²) in [5.41, 5.74) is 3.49. The van der Waals surface area contributed by atoms with Crippen LogP contribution in [-0.4, -0.2) is 24.0 Å². The van der Waals surface area contributed by atoms with Crippen molar-refractivity contribution in [1.29, 1.82) is 0 Å². The summed E-state index contributed by atoms with van der Waals surface area (Å²) in [7, 11) is 1.32. The lowest BCUT2D eigenvalue weighted by atomic mass is 10.1. The van der Waals surface area contributed by atoms with Crippen LogP contribution in [0.25, 0.3) is 6.08 Å². The molecule has 114 valence electrons. The number of rotatable bonds is 4. The van der Waals surface area contributed by atoms with Crippen LogP contribution in [-0.2, 0) is 9.53 Å². The molecule has 0 saturated carbocycles. The fourth-order valence-corrected chi connectivity index (χ4v) is 2.07. The average Bonchev–Trinajstić information content (AvgIpc) is 2.81. The second-order valence-corrected chi connectivity index (χ2v) is 4.84. The molecule has 1 heterocycles. The minimum atomic E-state index is -0.459. The molecule has 0 bridgehead atoms. The minimum absolute atomic E-state index is 0.264. The number of hydrogen-bond donors (Lipinski definition) is 2. The molecule has 0 atom stereocenters. The largest absolute Gasteiger partial charge is 0.464 e. The number of methoxy groups -OCH3 is 1. The molecule has 0 spiro atoms. The lowest BCUT2D eigenvalue weighted by Gasteiger charge is -2.01. The zero-order chi connectivity index (χ0) is 16.1. The lowest BCUT2D eigenvalue weighted by Crippen LogP contribution is -2.08. The van der Waals surface area contributed by atoms with Crippen LogP contribution in [0.5, 0.6) is 0 Å². The number of esters is 1. The number of carbonyl (C=O) groups is 2. The molecule has 2 N–H and O–H groups in total. The minimum Gasteiger partial charge on any atom is -0.464 e. The molecule has 0 aliphatic carbocycles. The highest BCUT2D eigenvalue weighted by molar-refractivity contribution is 6.03. The summed E-state index contributed by atoms with van der Waals surface area (Å²) < 4.78 is 4.74. The van der Waals surface area contributed by atoms with Gasteiger partial charge in [0.05, 0.1) is 7.11 Å². The molecule has 2 aromatic rings. The molecule has 22 heavy (non-hydrogen) atoms. The molecule has 5 heteroatoms. The number of nitrogens with one attached hydrogen (secondary N) is 2. The number of hydrogen-bond acceptors (Lipinski definition) is 3. The van der Waals surface area contributed by atoms with Crippen molar-refractivity contribution in [3.8, 4) is 0 Å². The van der Waals surface area contributed by atoms with E-state index in [4.69, 9.17) is 4.74 Å². The third-order valence-electron chi connectivity index (χ3n) is 3.38. The normalized spacial score (nSPS) is 10.7. The molecule has 1 aromatic heterocycles. The number of aryl methyl sites for hydroxylation is 1. The third-order valence-corrected chi connectivity index (χ3v) is 3.38. The maximum atomic E-state index is 11.9. The van der Waals surface area contributed by atoms with E-state index in [2.05, 4.69) is 10.3 Å². The molecule has 0 unspecified atom stereocenters. The quantitative estimate of drug-likeness (QED) is 0.673. The molecule has 2 rings (SSSR count). The van der Waals surface area contributed by atoms with Gasteiger partial charge in [-0.3, -0.25) is 4.79 Å². The maximum absolute atomic E-state index is 11.9. The van der Waals surface area contributed by atoms with E-state index in [-0.39, 0.29) is 5.91 Å². The van der Waals surface area contributed by atoms with Gasteiger partial charge in [0.1, 0.15) is 5.69 Å². The Labute approximate surface area is 129 Å². The van der Waals surface area contributed by atoms with Crippen LogP contribution in [0.1, 0.15) is 27.3 Å². The number of para-hydroxylation sites is 1. The van der Waals surface area contributed by atoms with E-state index in [0.29, 0.717) is 16.9 Å². The first-order valence-corrected chi connectivity index (χ1v) is 6.84. The topological polar surface area (TPSA) is 71.2 Å². The Morgan fingerprint density at radius 1 is 1.18 bits per heavy atom. The molecule has 1 aromatic carbocycles. The van der Waals surface area contributed by atoms with E-state index >= 15 is 0 Å². The molecular formula is C17H18N2O3. The fourth-order valence-electron chi connectivity index (χ4n) is 2.07. The summed E-state index contributed by atoms with van der Waals surface area (Å²) in [6.45, 7) is 3.75. The molecular weight excluding hydrogens is 280 g/mol. The summed E-state index contributed by atoms with van der Waals surface area (Å²) in [6, 6.07) is 9.16. The van der Waals surface area contributed by atoms with Crippen molar-refractivity contribution in [3.63, 3.8) is 0 Å². The number of aromatic nitrogens is 1. The van der Waals surface area contributed by atoms with Gasteiger partial charge in [-0.1, -0.05) is 18.2 Å². The van der Waals surface area contributed by atoms with Gasteiger partial charge in [-0.25, -0.2) is 4.79 Å². The first kappa shape index (κ1) is 15.6. The zero-order valence-corrected chi connectivity index (χ0v) is 12.8. The molecule has 0 radical (unpaired) electrons. The van der Waals surface area contributed by atoms with Gasteiger partial charge >= 0.3 is 5.97 Å². The number of aromatic amines is 1. The smallest absolute Gasteiger partial charge is 0.355 e. The predicted molar refractivity (Wildman–Crippen MR) is 85.7 cm³/mol. The highest BCUT2D eigenvalue weighted by atomic mass is 16.5. The molecule has 1 amide bonds. The Kier molecular flexibility index (Phi) is 4.78. The Morgan fingerprint density at radius 2 is 1.86 bits per heavy atom. The van der Waals surface area contributed by atoms with E-state index < -0.39 is 5.97 Å². The first-order chi connectivity index (χ1) is 10.5. The van der Waals surface area contributed by atoms with Gasteiger partial charge in [0.2, 0.25) is 5.91 Å². The predicted octanol–water partition coefficient (Wildman–Crippen LogP) is 3.07. The molecule has 0 fully saturated rings. The molecule has 0 aliphatic rings. The second kappa shape index (κ2) is 6.76. The SMILES string of the molecule is COC(=O)c1[nH]c(C)c(C)c1/C=C/C(=O)Nc1ccccc1. The Bertz CT molecular complexity index is 715. The number of carbonyl (C=O) groups excluding carboxylic acids is 2. The van der Waals surface area contributed by atoms with Crippen LogP contribution in [0.15, 0.2) is 36.4 Å². The number of benzene rings is 1. The van der Waals surface area contributed by atoms with E-state index in [1.165, 1.54) is 13.2 Å². The summed E-state index contributed by atoms with van der Waals surface area (Å²) >= 11 is 0. The van der Waals surface area contributed by atoms with Crippen LogP contribution in [0.3, 0.4) is 0 Å². The van der Waals surface area contributed by atoms with E-state index in [9.17, 15) is 9.59 Å². The average molecular weight is 298 g/mol. The lowest BCUT2D eigenvalue weighted by molar-refractivity contribution is -0.111. The first-order valence-electron chi connectivity index (χ1n) is 6.84. The highest BCUT2D eigenvalue weighted by Crippen LogP contribution is 2.20. The van der Waals surface area contributed by atoms with E-state index in [1.807, 2.05) is 32.0 Å². The van der Waals surface area contributed by atoms with Crippen molar-refractivity contribution >= 4 is 23.6 Å². The van der Waals surface area contributed by atoms with Gasteiger partial charge in [-0.05, 0) is 37.6 Å². The van der Waals surface area contributed by atoms with Gasteiger partial charge < -0.3 is 15.0 Å². The van der Waals surface area contributed by atoms with Gasteiger partial charge in [0.15, 0.2) is 0 Å². The van der Waals surface area contributed by atoms with Gasteiger partial charge in [-0.15, -0.1) is 0 Å². The van der Waals surface area contributed by atoms with E-state index in [1.54, 1.807) is 18.2 Å². The highest BCUT2D eigenvalue weighted by Gasteiger charge is 2.16. The van der Waals surface area contributed by atoms with Crippen LogP contribution in [0, 0.1) is 13.8 Å². The van der Waals surface area contributed by atoms with Crippen molar-refractivity contribution in [2.75, 3.05) is 12.4 Å². The van der Waals surface area contributed by atoms with Crippen molar-refractivity contribution in [3.05, 3.63) is 58.9 Å². The number of amides is 1. The van der Waals surface area contributed by atoms with Crippen molar-refractivity contribution in [1.82, 2.24) is 4.98 Å². The van der Waals surface area contributed by atoms with Crippen LogP contribution in [0.4, 0.5) is 5.69 Å². The third kappa shape index (κ3) is 3.44. The van der Waals surface area contributed by atoms with Gasteiger partial charge in [0, 0.05) is 23.0 Å². The summed E-state index contributed by atoms with van der Waals surface area (Å²) in [4.78, 5) is 26.7. The maximum Gasteiger partial charge on any atom is 0.355 e. The molecule has 0 aliphatic heterocycles. The Morgan fingerprint density at radius 3 is 2.50 bits per heavy atom. The molecule has 5 nitrogen and oxygen atoms in total. The van der Waals surface area contributed by atoms with Crippen molar-refractivity contribution in [2.45, 2.75) is 13.8 Å². The van der Waals surface area contributed by atoms with Crippen molar-refractivity contribution in [2.24, 2.45) is 0 Å². The Balaban J connectivity index is 2.19. The zero-order valence-electron chi connectivity index (χ0n) is 12.8. The van der Waals surface area contributed by atoms with Crippen molar-refractivity contribution < 1.29 is 14.3 Å². The number of ether oxygens (including phenoxy) is 1. The second-order valence-electron chi connectivity index (χ2n) is 4.84. The standard InChI is InChI=1S/C17H18N2O3/c1-11-12(2)18-16(17(21)22-3)14(11)9-10-15(20)19-13-7-5-4-6-8-13/h4-10,18H,1-3H3,(H,19,20)/b10-9+. The van der Waals surface area contributed by atoms with Gasteiger partial charge in [0.25, 0.3) is 0 Å². The van der Waals surface area contributed by atoms with Crippen LogP contribution >= 0.6 is 0 Å². The van der Waals surface area contributed by atoms with Crippen LogP contribution in [0.2, 0.25) is 0 Å². The summed E-state index contributed by atoms with van der Waals surface area (Å²) in [5, 5.41) is 2.75.